The van der Waals surface area contributed by atoms with Crippen molar-refractivity contribution in [1.82, 2.24) is 5.32 Å². The molecule has 0 aromatic carbocycles. The van der Waals surface area contributed by atoms with Crippen molar-refractivity contribution >= 4 is 0 Å². The van der Waals surface area contributed by atoms with E-state index in [9.17, 15) is 0 Å². The van der Waals surface area contributed by atoms with Crippen LogP contribution in [0.1, 0.15) is 73.6 Å². The molecule has 0 saturated heterocycles. The van der Waals surface area contributed by atoms with E-state index < -0.39 is 0 Å². The highest BCUT2D eigenvalue weighted by molar-refractivity contribution is 4.76. The Morgan fingerprint density at radius 1 is 1.06 bits per heavy atom. The van der Waals surface area contributed by atoms with Gasteiger partial charge in [-0.05, 0) is 37.6 Å². The Hall–Kier alpha value is -0.0800. The number of hydrogen-bond acceptors (Lipinski definition) is 2. The summed E-state index contributed by atoms with van der Waals surface area (Å²) in [6.07, 6.45) is 6.24. The molecule has 0 aliphatic rings. The Morgan fingerprint density at radius 2 is 1.72 bits per heavy atom. The number of nitrogens with one attached hydrogen (secondary N) is 1. The molecule has 0 aromatic heterocycles. The summed E-state index contributed by atoms with van der Waals surface area (Å²) in [5, 5.41) is 3.64. The molecular weight excluding hydrogens is 222 g/mol. The van der Waals surface area contributed by atoms with Crippen LogP contribution in [0.25, 0.3) is 0 Å². The lowest BCUT2D eigenvalue weighted by Crippen LogP contribution is -2.41. The van der Waals surface area contributed by atoms with Crippen molar-refractivity contribution in [3.63, 3.8) is 0 Å². The first-order valence-electron chi connectivity index (χ1n) is 7.79. The lowest BCUT2D eigenvalue weighted by molar-refractivity contribution is 0.00962. The predicted molar refractivity (Wildman–Crippen MR) is 81.1 cm³/mol. The van der Waals surface area contributed by atoms with Gasteiger partial charge in [0.1, 0.15) is 0 Å². The van der Waals surface area contributed by atoms with Crippen LogP contribution in [0.5, 0.6) is 0 Å². The van der Waals surface area contributed by atoms with Gasteiger partial charge in [-0.25, -0.2) is 0 Å². The van der Waals surface area contributed by atoms with Crippen LogP contribution in [0.4, 0.5) is 0 Å². The van der Waals surface area contributed by atoms with Crippen molar-refractivity contribution in [2.24, 2.45) is 5.41 Å². The van der Waals surface area contributed by atoms with Crippen LogP contribution in [0.3, 0.4) is 0 Å². The summed E-state index contributed by atoms with van der Waals surface area (Å²) in [6.45, 7) is 15.5. The maximum Gasteiger partial charge on any atom is 0.0725 e. The van der Waals surface area contributed by atoms with Gasteiger partial charge >= 0.3 is 0 Å². The summed E-state index contributed by atoms with van der Waals surface area (Å²) in [7, 11) is 0. The Labute approximate surface area is 115 Å². The Kier molecular flexibility index (Phi) is 9.76. The van der Waals surface area contributed by atoms with E-state index in [0.29, 0.717) is 17.6 Å². The van der Waals surface area contributed by atoms with Crippen LogP contribution in [0, 0.1) is 5.41 Å². The Bertz CT molecular complexity index is 186. The van der Waals surface area contributed by atoms with Crippen LogP contribution in [-0.2, 0) is 4.74 Å². The van der Waals surface area contributed by atoms with Crippen LogP contribution >= 0.6 is 0 Å². The SMILES string of the molecule is CCCNC(CCC)C(CC)OCCC(C)(C)C. The molecule has 0 rings (SSSR count). The van der Waals surface area contributed by atoms with Gasteiger partial charge in [-0.3, -0.25) is 0 Å². The standard InChI is InChI=1S/C16H35NO/c1-7-10-14(17-12-8-2)15(9-3)18-13-11-16(4,5)6/h14-15,17H,7-13H2,1-6H3. The van der Waals surface area contributed by atoms with Crippen molar-refractivity contribution in [2.75, 3.05) is 13.2 Å². The second kappa shape index (κ2) is 9.80. The van der Waals surface area contributed by atoms with E-state index in [1.165, 1.54) is 19.3 Å². The molecule has 0 radical (unpaired) electrons. The molecule has 1 N–H and O–H groups in total. The third-order valence-corrected chi connectivity index (χ3v) is 3.29. The van der Waals surface area contributed by atoms with E-state index in [-0.39, 0.29) is 0 Å². The zero-order chi connectivity index (χ0) is 14.0. The second-order valence-corrected chi connectivity index (χ2v) is 6.48. The minimum atomic E-state index is 0.370. The zero-order valence-corrected chi connectivity index (χ0v) is 13.5. The van der Waals surface area contributed by atoms with Crippen LogP contribution in [0.15, 0.2) is 0 Å². The third-order valence-electron chi connectivity index (χ3n) is 3.29. The zero-order valence-electron chi connectivity index (χ0n) is 13.5. The summed E-state index contributed by atoms with van der Waals surface area (Å²) in [4.78, 5) is 0. The van der Waals surface area contributed by atoms with Crippen LogP contribution < -0.4 is 5.32 Å². The average Bonchev–Trinajstić information content (AvgIpc) is 2.29. The molecule has 0 heterocycles. The van der Waals surface area contributed by atoms with Crippen molar-refractivity contribution in [3.05, 3.63) is 0 Å². The van der Waals surface area contributed by atoms with E-state index in [2.05, 4.69) is 46.9 Å². The predicted octanol–water partition coefficient (Wildman–Crippen LogP) is 4.39. The largest absolute Gasteiger partial charge is 0.377 e. The van der Waals surface area contributed by atoms with Gasteiger partial charge < -0.3 is 10.1 Å². The van der Waals surface area contributed by atoms with Gasteiger partial charge in [-0.2, -0.15) is 0 Å². The summed E-state index contributed by atoms with van der Waals surface area (Å²) in [5.74, 6) is 0. The number of hydrogen-bond donors (Lipinski definition) is 1. The van der Waals surface area contributed by atoms with E-state index in [0.717, 1.165) is 26.0 Å². The van der Waals surface area contributed by atoms with Crippen molar-refractivity contribution in [2.45, 2.75) is 85.8 Å². The van der Waals surface area contributed by atoms with Crippen molar-refractivity contribution < 1.29 is 4.74 Å². The van der Waals surface area contributed by atoms with Crippen LogP contribution in [0.2, 0.25) is 0 Å². The first-order chi connectivity index (χ1) is 8.44. The summed E-state index contributed by atoms with van der Waals surface area (Å²) >= 11 is 0. The molecule has 0 bridgehead atoms. The molecule has 0 amide bonds. The first kappa shape index (κ1) is 17.9. The van der Waals surface area contributed by atoms with Gasteiger partial charge in [0.05, 0.1) is 6.10 Å². The van der Waals surface area contributed by atoms with Gasteiger partial charge in [0.15, 0.2) is 0 Å². The molecule has 0 aliphatic carbocycles. The highest BCUT2D eigenvalue weighted by Crippen LogP contribution is 2.19. The molecule has 2 nitrogen and oxygen atoms in total. The van der Waals surface area contributed by atoms with E-state index in [1.54, 1.807) is 0 Å². The molecule has 0 aromatic rings. The van der Waals surface area contributed by atoms with Gasteiger partial charge in [0.2, 0.25) is 0 Å². The van der Waals surface area contributed by atoms with Gasteiger partial charge in [-0.15, -0.1) is 0 Å². The molecule has 2 unspecified atom stereocenters. The minimum Gasteiger partial charge on any atom is -0.377 e. The minimum absolute atomic E-state index is 0.370. The lowest BCUT2D eigenvalue weighted by Gasteiger charge is -2.28. The van der Waals surface area contributed by atoms with Crippen LogP contribution in [-0.4, -0.2) is 25.3 Å². The Balaban J connectivity index is 4.14. The topological polar surface area (TPSA) is 21.3 Å². The molecule has 0 spiro atoms. The maximum absolute atomic E-state index is 6.12. The summed E-state index contributed by atoms with van der Waals surface area (Å²) in [5.41, 5.74) is 0.370. The highest BCUT2D eigenvalue weighted by Gasteiger charge is 2.20. The fraction of sp³-hybridized carbons (Fsp3) is 1.00. The monoisotopic (exact) mass is 257 g/mol. The molecule has 18 heavy (non-hydrogen) atoms. The van der Waals surface area contributed by atoms with Crippen molar-refractivity contribution in [1.29, 1.82) is 0 Å². The molecule has 0 fully saturated rings. The van der Waals surface area contributed by atoms with E-state index >= 15 is 0 Å². The Morgan fingerprint density at radius 3 is 2.17 bits per heavy atom. The van der Waals surface area contributed by atoms with Gasteiger partial charge in [0.25, 0.3) is 0 Å². The molecule has 0 saturated carbocycles. The fourth-order valence-corrected chi connectivity index (χ4v) is 2.10. The normalized spacial score (nSPS) is 15.7. The highest BCUT2D eigenvalue weighted by atomic mass is 16.5. The third kappa shape index (κ3) is 8.93. The van der Waals surface area contributed by atoms with Gasteiger partial charge in [0, 0.05) is 12.6 Å². The molecule has 0 aliphatic heterocycles. The summed E-state index contributed by atoms with van der Waals surface area (Å²) in [6, 6.07) is 0.528. The number of ether oxygens (including phenoxy) is 1. The van der Waals surface area contributed by atoms with Gasteiger partial charge in [-0.1, -0.05) is 48.0 Å². The van der Waals surface area contributed by atoms with E-state index in [1.807, 2.05) is 0 Å². The van der Waals surface area contributed by atoms with Crippen molar-refractivity contribution in [3.8, 4) is 0 Å². The average molecular weight is 257 g/mol. The smallest absolute Gasteiger partial charge is 0.0725 e. The lowest BCUT2D eigenvalue weighted by atomic mass is 9.93. The molecule has 2 heteroatoms. The quantitative estimate of drug-likeness (QED) is 0.627. The molecule has 2 atom stereocenters. The maximum atomic E-state index is 6.12. The molecule has 110 valence electrons. The number of rotatable bonds is 10. The fourth-order valence-electron chi connectivity index (χ4n) is 2.10. The second-order valence-electron chi connectivity index (χ2n) is 6.48. The van der Waals surface area contributed by atoms with E-state index in [4.69, 9.17) is 4.74 Å². The first-order valence-corrected chi connectivity index (χ1v) is 7.79. The molecular formula is C16H35NO. The summed E-state index contributed by atoms with van der Waals surface area (Å²) < 4.78 is 6.12.